The predicted octanol–water partition coefficient (Wildman–Crippen LogP) is 1.99. The van der Waals surface area contributed by atoms with E-state index in [0.717, 1.165) is 6.26 Å². The fourth-order valence-corrected chi connectivity index (χ4v) is 2.67. The van der Waals surface area contributed by atoms with Gasteiger partial charge in [0.1, 0.15) is 5.82 Å². The highest BCUT2D eigenvalue weighted by Gasteiger charge is 2.13. The highest BCUT2D eigenvalue weighted by molar-refractivity contribution is 9.10. The number of hydrogen-bond donors (Lipinski definition) is 0. The first-order chi connectivity index (χ1) is 5.43. The standard InChI is InChI=1S/C7H6BrFO2S/c1-12(10,11)6-4-2-3-5(9)7(6)8/h2-4H,1H3. The highest BCUT2D eigenvalue weighted by Crippen LogP contribution is 2.24. The van der Waals surface area contributed by atoms with E-state index in [0.29, 0.717) is 0 Å². The normalized spacial score (nSPS) is 11.6. The van der Waals surface area contributed by atoms with E-state index in [4.69, 9.17) is 0 Å². The van der Waals surface area contributed by atoms with Crippen molar-refractivity contribution >= 4 is 25.8 Å². The molecule has 1 aromatic carbocycles. The molecule has 0 aliphatic carbocycles. The molecule has 0 aliphatic heterocycles. The van der Waals surface area contributed by atoms with Crippen LogP contribution in [0.4, 0.5) is 4.39 Å². The first-order valence-corrected chi connectivity index (χ1v) is 5.75. The third-order valence-corrected chi connectivity index (χ3v) is 3.52. The summed E-state index contributed by atoms with van der Waals surface area (Å²) in [5, 5.41) is 0. The number of halogens is 2. The maximum Gasteiger partial charge on any atom is 0.176 e. The summed E-state index contributed by atoms with van der Waals surface area (Å²) in [5.74, 6) is -0.571. The third-order valence-electron chi connectivity index (χ3n) is 1.32. The second-order valence-corrected chi connectivity index (χ2v) is 5.10. The van der Waals surface area contributed by atoms with E-state index in [9.17, 15) is 12.8 Å². The van der Waals surface area contributed by atoms with Crippen LogP contribution in [-0.2, 0) is 9.84 Å². The van der Waals surface area contributed by atoms with Crippen LogP contribution >= 0.6 is 15.9 Å². The van der Waals surface area contributed by atoms with E-state index in [-0.39, 0.29) is 9.37 Å². The Morgan fingerprint density at radius 3 is 2.42 bits per heavy atom. The van der Waals surface area contributed by atoms with Crippen LogP contribution < -0.4 is 0 Å². The van der Waals surface area contributed by atoms with E-state index in [1.807, 2.05) is 0 Å². The van der Waals surface area contributed by atoms with E-state index in [1.165, 1.54) is 18.2 Å². The molecular formula is C7H6BrFO2S. The Kier molecular flexibility index (Phi) is 2.53. The van der Waals surface area contributed by atoms with Crippen molar-refractivity contribution in [3.63, 3.8) is 0 Å². The van der Waals surface area contributed by atoms with E-state index < -0.39 is 15.7 Å². The van der Waals surface area contributed by atoms with Crippen molar-refractivity contribution < 1.29 is 12.8 Å². The second kappa shape index (κ2) is 3.14. The van der Waals surface area contributed by atoms with Crippen molar-refractivity contribution in [3.05, 3.63) is 28.5 Å². The van der Waals surface area contributed by atoms with Crippen LogP contribution in [0.25, 0.3) is 0 Å². The maximum absolute atomic E-state index is 12.8. The van der Waals surface area contributed by atoms with Gasteiger partial charge in [-0.25, -0.2) is 12.8 Å². The SMILES string of the molecule is CS(=O)(=O)c1cccc(F)c1Br. The highest BCUT2D eigenvalue weighted by atomic mass is 79.9. The monoisotopic (exact) mass is 252 g/mol. The van der Waals surface area contributed by atoms with Crippen LogP contribution in [-0.4, -0.2) is 14.7 Å². The van der Waals surface area contributed by atoms with Gasteiger partial charge in [-0.1, -0.05) is 6.07 Å². The molecule has 0 atom stereocenters. The minimum atomic E-state index is -3.34. The van der Waals surface area contributed by atoms with Crippen LogP contribution in [0.2, 0.25) is 0 Å². The van der Waals surface area contributed by atoms with Gasteiger partial charge < -0.3 is 0 Å². The summed E-state index contributed by atoms with van der Waals surface area (Å²) in [6.07, 6.45) is 1.03. The first-order valence-electron chi connectivity index (χ1n) is 3.07. The van der Waals surface area contributed by atoms with Gasteiger partial charge in [0.05, 0.1) is 9.37 Å². The Hall–Kier alpha value is -0.420. The summed E-state index contributed by atoms with van der Waals surface area (Å²) in [6, 6.07) is 3.90. The lowest BCUT2D eigenvalue weighted by Crippen LogP contribution is -1.99. The lowest BCUT2D eigenvalue weighted by atomic mass is 10.3. The lowest BCUT2D eigenvalue weighted by molar-refractivity contribution is 0.592. The van der Waals surface area contributed by atoms with Gasteiger partial charge in [-0.2, -0.15) is 0 Å². The molecule has 1 aromatic rings. The number of sulfone groups is 1. The van der Waals surface area contributed by atoms with Crippen LogP contribution in [0.3, 0.4) is 0 Å². The van der Waals surface area contributed by atoms with Gasteiger partial charge in [-0.15, -0.1) is 0 Å². The largest absolute Gasteiger partial charge is 0.224 e. The smallest absolute Gasteiger partial charge is 0.176 e. The molecule has 0 N–H and O–H groups in total. The lowest BCUT2D eigenvalue weighted by Gasteiger charge is -2.01. The van der Waals surface area contributed by atoms with Gasteiger partial charge in [0.25, 0.3) is 0 Å². The molecular weight excluding hydrogens is 247 g/mol. The molecule has 0 spiro atoms. The van der Waals surface area contributed by atoms with E-state index >= 15 is 0 Å². The van der Waals surface area contributed by atoms with Crippen molar-refractivity contribution in [2.75, 3.05) is 6.26 Å². The Morgan fingerprint density at radius 2 is 2.00 bits per heavy atom. The summed E-state index contributed by atoms with van der Waals surface area (Å²) in [7, 11) is -3.34. The Balaban J connectivity index is 3.47. The summed E-state index contributed by atoms with van der Waals surface area (Å²) < 4.78 is 34.8. The van der Waals surface area contributed by atoms with Crippen LogP contribution in [0, 0.1) is 5.82 Å². The molecule has 0 aromatic heterocycles. The predicted molar refractivity (Wildman–Crippen MR) is 47.2 cm³/mol. The Bertz CT molecular complexity index is 400. The minimum absolute atomic E-state index is 0.00694. The second-order valence-electron chi connectivity index (χ2n) is 2.32. The molecule has 1 rings (SSSR count). The van der Waals surface area contributed by atoms with Crippen LogP contribution in [0.1, 0.15) is 0 Å². The van der Waals surface area contributed by atoms with Gasteiger partial charge in [-0.05, 0) is 28.1 Å². The van der Waals surface area contributed by atoms with Crippen molar-refractivity contribution in [3.8, 4) is 0 Å². The molecule has 2 nitrogen and oxygen atoms in total. The van der Waals surface area contributed by atoms with E-state index in [2.05, 4.69) is 15.9 Å². The van der Waals surface area contributed by atoms with Crippen LogP contribution in [0.15, 0.2) is 27.6 Å². The van der Waals surface area contributed by atoms with Crippen LogP contribution in [0.5, 0.6) is 0 Å². The molecule has 0 saturated carbocycles. The first kappa shape index (κ1) is 9.67. The van der Waals surface area contributed by atoms with Crippen molar-refractivity contribution in [1.29, 1.82) is 0 Å². The zero-order valence-electron chi connectivity index (χ0n) is 6.21. The van der Waals surface area contributed by atoms with Gasteiger partial charge in [-0.3, -0.25) is 0 Å². The Morgan fingerprint density at radius 1 is 1.42 bits per heavy atom. The minimum Gasteiger partial charge on any atom is -0.224 e. The molecule has 12 heavy (non-hydrogen) atoms. The van der Waals surface area contributed by atoms with Gasteiger partial charge in [0.15, 0.2) is 9.84 Å². The van der Waals surface area contributed by atoms with Crippen molar-refractivity contribution in [2.24, 2.45) is 0 Å². The molecule has 0 radical (unpaired) electrons. The molecule has 66 valence electrons. The fourth-order valence-electron chi connectivity index (χ4n) is 0.770. The summed E-state index contributed by atoms with van der Waals surface area (Å²) in [6.45, 7) is 0. The fraction of sp³-hybridized carbons (Fsp3) is 0.143. The van der Waals surface area contributed by atoms with E-state index in [1.54, 1.807) is 0 Å². The quantitative estimate of drug-likeness (QED) is 0.767. The van der Waals surface area contributed by atoms with Crippen molar-refractivity contribution in [2.45, 2.75) is 4.90 Å². The molecule has 5 heteroatoms. The maximum atomic E-state index is 12.8. The van der Waals surface area contributed by atoms with Crippen molar-refractivity contribution in [1.82, 2.24) is 0 Å². The topological polar surface area (TPSA) is 34.1 Å². The summed E-state index contributed by atoms with van der Waals surface area (Å²) in [4.78, 5) is -0.0255. The van der Waals surface area contributed by atoms with Gasteiger partial charge >= 0.3 is 0 Å². The summed E-state index contributed by atoms with van der Waals surface area (Å²) in [5.41, 5.74) is 0. The zero-order valence-corrected chi connectivity index (χ0v) is 8.62. The third kappa shape index (κ3) is 1.84. The zero-order chi connectivity index (χ0) is 9.35. The molecule has 0 aliphatic rings. The van der Waals surface area contributed by atoms with Gasteiger partial charge in [0, 0.05) is 6.26 Å². The summed E-state index contributed by atoms with van der Waals surface area (Å²) >= 11 is 2.86. The average Bonchev–Trinajstić information content (AvgIpc) is 1.92. The number of hydrogen-bond acceptors (Lipinski definition) is 2. The molecule has 0 bridgehead atoms. The molecule has 0 unspecified atom stereocenters. The molecule has 0 amide bonds. The average molecular weight is 253 g/mol. The molecule has 0 heterocycles. The van der Waals surface area contributed by atoms with Gasteiger partial charge in [0.2, 0.25) is 0 Å². The molecule has 0 fully saturated rings. The molecule has 0 saturated heterocycles. The number of rotatable bonds is 1. The number of benzene rings is 1. The Labute approximate surface area is 78.5 Å².